The van der Waals surface area contributed by atoms with Crippen molar-refractivity contribution in [1.29, 1.82) is 0 Å². The molecule has 0 bridgehead atoms. The normalized spacial score (nSPS) is 11.4. The molecule has 1 aromatic carbocycles. The van der Waals surface area contributed by atoms with Gasteiger partial charge in [0.2, 0.25) is 0 Å². The predicted molar refractivity (Wildman–Crippen MR) is 72.0 cm³/mol. The van der Waals surface area contributed by atoms with Gasteiger partial charge in [0.1, 0.15) is 5.82 Å². The Morgan fingerprint density at radius 3 is 2.44 bits per heavy atom. The van der Waals surface area contributed by atoms with Crippen LogP contribution in [0.15, 0.2) is 12.1 Å². The lowest BCUT2D eigenvalue weighted by atomic mass is 9.98. The van der Waals surface area contributed by atoms with E-state index in [1.165, 1.54) is 12.1 Å². The molecule has 2 N–H and O–H groups in total. The largest absolute Gasteiger partial charge is 0.398 e. The fourth-order valence-corrected chi connectivity index (χ4v) is 1.53. The highest BCUT2D eigenvalue weighted by Gasteiger charge is 2.27. The van der Waals surface area contributed by atoms with Crippen molar-refractivity contribution in [2.24, 2.45) is 0 Å². The smallest absolute Gasteiger partial charge is 0.254 e. The Kier molecular flexibility index (Phi) is 3.99. The van der Waals surface area contributed by atoms with E-state index in [0.29, 0.717) is 16.8 Å². The van der Waals surface area contributed by atoms with Gasteiger partial charge in [0.25, 0.3) is 5.91 Å². The van der Waals surface area contributed by atoms with Crippen molar-refractivity contribution in [2.45, 2.75) is 39.7 Å². The summed E-state index contributed by atoms with van der Waals surface area (Å²) in [5, 5.41) is 0. The molecule has 0 aromatic heterocycles. The number of anilines is 1. The van der Waals surface area contributed by atoms with Crippen molar-refractivity contribution < 1.29 is 9.18 Å². The van der Waals surface area contributed by atoms with Crippen molar-refractivity contribution in [3.8, 4) is 0 Å². The zero-order valence-electron chi connectivity index (χ0n) is 11.7. The van der Waals surface area contributed by atoms with Crippen LogP contribution in [0.5, 0.6) is 0 Å². The Morgan fingerprint density at radius 2 is 2.00 bits per heavy atom. The van der Waals surface area contributed by atoms with E-state index in [1.54, 1.807) is 18.9 Å². The lowest BCUT2D eigenvalue weighted by molar-refractivity contribution is 0.0620. The third-order valence-electron chi connectivity index (χ3n) is 3.71. The van der Waals surface area contributed by atoms with Crippen LogP contribution in [0.4, 0.5) is 10.1 Å². The average molecular weight is 252 g/mol. The number of benzene rings is 1. The van der Waals surface area contributed by atoms with Crippen LogP contribution in [0.25, 0.3) is 0 Å². The number of halogens is 1. The second-order valence-corrected chi connectivity index (χ2v) is 5.20. The number of hydrogen-bond donors (Lipinski definition) is 1. The van der Waals surface area contributed by atoms with Crippen molar-refractivity contribution in [3.63, 3.8) is 0 Å². The molecular weight excluding hydrogens is 231 g/mol. The van der Waals surface area contributed by atoms with E-state index in [1.807, 2.05) is 20.8 Å². The lowest BCUT2D eigenvalue weighted by Crippen LogP contribution is -2.44. The van der Waals surface area contributed by atoms with Crippen LogP contribution < -0.4 is 5.73 Å². The van der Waals surface area contributed by atoms with Gasteiger partial charge in [-0.25, -0.2) is 4.39 Å². The predicted octanol–water partition coefficient (Wildman–Crippen LogP) is 2.98. The number of hydrogen-bond acceptors (Lipinski definition) is 2. The van der Waals surface area contributed by atoms with Crippen LogP contribution in [0, 0.1) is 12.7 Å². The number of carbonyl (C=O) groups is 1. The molecule has 0 saturated carbocycles. The number of nitrogens with two attached hydrogens (primary N) is 1. The maximum Gasteiger partial charge on any atom is 0.254 e. The van der Waals surface area contributed by atoms with E-state index in [-0.39, 0.29) is 11.4 Å². The molecule has 0 spiro atoms. The van der Waals surface area contributed by atoms with Crippen LogP contribution in [0.3, 0.4) is 0 Å². The molecule has 100 valence electrons. The fraction of sp³-hybridized carbons (Fsp3) is 0.500. The molecule has 1 aromatic rings. The third kappa shape index (κ3) is 2.63. The number of nitrogens with zero attached hydrogens (tertiary/aromatic N) is 1. The van der Waals surface area contributed by atoms with Crippen LogP contribution in [0.2, 0.25) is 0 Å². The summed E-state index contributed by atoms with van der Waals surface area (Å²) in [6.45, 7) is 7.55. The summed E-state index contributed by atoms with van der Waals surface area (Å²) in [7, 11) is 1.72. The molecule has 1 amide bonds. The first kappa shape index (κ1) is 14.5. The van der Waals surface area contributed by atoms with Gasteiger partial charge in [0.15, 0.2) is 0 Å². The second kappa shape index (κ2) is 4.96. The maximum atomic E-state index is 13.6. The molecule has 4 heteroatoms. The molecule has 0 saturated heterocycles. The number of amides is 1. The molecular formula is C14H21FN2O. The lowest BCUT2D eigenvalue weighted by Gasteiger charge is -2.35. The number of carbonyl (C=O) groups excluding carboxylic acids is 1. The molecule has 0 aliphatic heterocycles. The Bertz CT molecular complexity index is 446. The molecule has 0 radical (unpaired) electrons. The first-order valence-electron chi connectivity index (χ1n) is 6.04. The van der Waals surface area contributed by atoms with E-state index < -0.39 is 5.82 Å². The maximum absolute atomic E-state index is 13.6. The average Bonchev–Trinajstić information content (AvgIpc) is 2.33. The Labute approximate surface area is 108 Å². The van der Waals surface area contributed by atoms with E-state index in [4.69, 9.17) is 5.73 Å². The van der Waals surface area contributed by atoms with Gasteiger partial charge in [0, 0.05) is 29.4 Å². The van der Waals surface area contributed by atoms with Gasteiger partial charge in [-0.1, -0.05) is 6.92 Å². The molecule has 0 atom stereocenters. The Hall–Kier alpha value is -1.58. The molecule has 0 unspecified atom stereocenters. The van der Waals surface area contributed by atoms with Crippen molar-refractivity contribution in [2.75, 3.05) is 12.8 Å². The van der Waals surface area contributed by atoms with Crippen LogP contribution in [-0.4, -0.2) is 23.4 Å². The minimum atomic E-state index is -0.443. The van der Waals surface area contributed by atoms with Gasteiger partial charge in [0.05, 0.1) is 0 Å². The summed E-state index contributed by atoms with van der Waals surface area (Å²) in [6.07, 6.45) is 0.819. The molecule has 0 aliphatic carbocycles. The topological polar surface area (TPSA) is 46.3 Å². The summed E-state index contributed by atoms with van der Waals surface area (Å²) in [6, 6.07) is 2.78. The zero-order chi connectivity index (χ0) is 14.1. The molecule has 0 aliphatic rings. The first-order valence-corrected chi connectivity index (χ1v) is 6.04. The molecule has 0 fully saturated rings. The summed E-state index contributed by atoms with van der Waals surface area (Å²) in [5.41, 5.74) is 6.40. The highest BCUT2D eigenvalue weighted by atomic mass is 19.1. The van der Waals surface area contributed by atoms with Gasteiger partial charge >= 0.3 is 0 Å². The monoisotopic (exact) mass is 252 g/mol. The van der Waals surface area contributed by atoms with Gasteiger partial charge < -0.3 is 10.6 Å². The molecule has 3 nitrogen and oxygen atoms in total. The Morgan fingerprint density at radius 1 is 1.44 bits per heavy atom. The Balaban J connectivity index is 3.12. The number of nitrogen functional groups attached to an aromatic ring is 1. The van der Waals surface area contributed by atoms with E-state index in [2.05, 4.69) is 0 Å². The first-order chi connectivity index (χ1) is 8.20. The molecule has 18 heavy (non-hydrogen) atoms. The van der Waals surface area contributed by atoms with E-state index in [9.17, 15) is 9.18 Å². The van der Waals surface area contributed by atoms with Crippen molar-refractivity contribution >= 4 is 11.6 Å². The van der Waals surface area contributed by atoms with Crippen molar-refractivity contribution in [3.05, 3.63) is 29.1 Å². The van der Waals surface area contributed by atoms with Crippen LogP contribution >= 0.6 is 0 Å². The SMILES string of the molecule is CCC(C)(C)N(C)C(=O)c1cc(N)c(C)c(F)c1. The van der Waals surface area contributed by atoms with E-state index >= 15 is 0 Å². The van der Waals surface area contributed by atoms with Gasteiger partial charge in [-0.2, -0.15) is 0 Å². The molecule has 0 heterocycles. The second-order valence-electron chi connectivity index (χ2n) is 5.20. The van der Waals surface area contributed by atoms with Crippen LogP contribution in [-0.2, 0) is 0 Å². The summed E-state index contributed by atoms with van der Waals surface area (Å²) in [5.74, 6) is -0.659. The summed E-state index contributed by atoms with van der Waals surface area (Å²) in [4.78, 5) is 13.9. The van der Waals surface area contributed by atoms with Crippen LogP contribution in [0.1, 0.15) is 43.1 Å². The zero-order valence-corrected chi connectivity index (χ0v) is 11.7. The van der Waals surface area contributed by atoms with Gasteiger partial charge in [-0.05, 0) is 39.3 Å². The summed E-state index contributed by atoms with van der Waals surface area (Å²) >= 11 is 0. The third-order valence-corrected chi connectivity index (χ3v) is 3.71. The van der Waals surface area contributed by atoms with E-state index in [0.717, 1.165) is 6.42 Å². The summed E-state index contributed by atoms with van der Waals surface area (Å²) < 4.78 is 13.6. The fourth-order valence-electron chi connectivity index (χ4n) is 1.53. The quantitative estimate of drug-likeness (QED) is 0.841. The van der Waals surface area contributed by atoms with Crippen molar-refractivity contribution in [1.82, 2.24) is 4.90 Å². The standard InChI is InChI=1S/C14H21FN2O/c1-6-14(3,4)17(5)13(18)10-7-11(15)9(2)12(16)8-10/h7-8H,6,16H2,1-5H3. The van der Waals surface area contributed by atoms with Gasteiger partial charge in [-0.3, -0.25) is 4.79 Å². The number of rotatable bonds is 3. The minimum absolute atomic E-state index is 0.215. The van der Waals surface area contributed by atoms with Gasteiger partial charge in [-0.15, -0.1) is 0 Å². The highest BCUT2D eigenvalue weighted by molar-refractivity contribution is 5.95. The highest BCUT2D eigenvalue weighted by Crippen LogP contribution is 2.22. The molecule has 1 rings (SSSR count). The minimum Gasteiger partial charge on any atom is -0.398 e.